The van der Waals surface area contributed by atoms with Gasteiger partial charge in [-0.2, -0.15) is 0 Å². The van der Waals surface area contributed by atoms with Gasteiger partial charge in [0.05, 0.1) is 38.3 Å². The van der Waals surface area contributed by atoms with Crippen molar-refractivity contribution >= 4 is 16.8 Å². The Labute approximate surface area is 143 Å². The van der Waals surface area contributed by atoms with Crippen LogP contribution >= 0.6 is 0 Å². The third-order valence-electron chi connectivity index (χ3n) is 6.88. The van der Waals surface area contributed by atoms with Gasteiger partial charge in [-0.1, -0.05) is 18.2 Å². The van der Waals surface area contributed by atoms with E-state index in [4.69, 9.17) is 9.73 Å². The Morgan fingerprint density at radius 3 is 2.62 bits per heavy atom. The van der Waals surface area contributed by atoms with Gasteiger partial charge < -0.3 is 13.8 Å². The van der Waals surface area contributed by atoms with E-state index in [1.165, 1.54) is 28.2 Å². The van der Waals surface area contributed by atoms with E-state index in [0.29, 0.717) is 0 Å². The van der Waals surface area contributed by atoms with Crippen molar-refractivity contribution in [2.24, 2.45) is 12.0 Å². The number of rotatable bonds is 1. The minimum absolute atomic E-state index is 0.0497. The predicted molar refractivity (Wildman–Crippen MR) is 96.3 cm³/mol. The van der Waals surface area contributed by atoms with Crippen LogP contribution < -0.4 is 0 Å². The summed E-state index contributed by atoms with van der Waals surface area (Å²) in [5.74, 6) is 0.860. The number of benzene rings is 1. The Bertz CT molecular complexity index is 832. The van der Waals surface area contributed by atoms with E-state index in [1.54, 1.807) is 0 Å². The zero-order valence-electron chi connectivity index (χ0n) is 14.8. The highest BCUT2D eigenvalue weighted by Crippen LogP contribution is 2.47. The number of ether oxygens (including phenoxy) is 1. The molecule has 3 aliphatic heterocycles. The van der Waals surface area contributed by atoms with Gasteiger partial charge in [-0.3, -0.25) is 0 Å². The van der Waals surface area contributed by atoms with Crippen LogP contribution in [0.4, 0.5) is 0 Å². The number of aliphatic imine (C=N–C) groups is 1. The van der Waals surface area contributed by atoms with Crippen molar-refractivity contribution in [1.82, 2.24) is 4.57 Å². The summed E-state index contributed by atoms with van der Waals surface area (Å²) in [4.78, 5) is 4.86. The van der Waals surface area contributed by atoms with Crippen molar-refractivity contribution in [3.8, 4) is 0 Å². The standard InChI is InChI=1S/C20H26N3O/c1-22-12-17(16-6-4-5-7-18(16)22)19-21-13-20(24-19)10-14-8-9-15(11-20)23(14,2)3/h4-7,12,14-15H,8-11,13H2,1-3H3/q+1/t14-,15+,20?. The normalized spacial score (nSPS) is 33.9. The van der Waals surface area contributed by atoms with Crippen LogP contribution in [0.3, 0.4) is 0 Å². The summed E-state index contributed by atoms with van der Waals surface area (Å²) in [6, 6.07) is 9.97. The van der Waals surface area contributed by atoms with Crippen molar-refractivity contribution < 1.29 is 9.22 Å². The fourth-order valence-corrected chi connectivity index (χ4v) is 5.32. The molecule has 4 heterocycles. The third-order valence-corrected chi connectivity index (χ3v) is 6.88. The van der Waals surface area contributed by atoms with Crippen LogP contribution in [0.2, 0.25) is 0 Å². The van der Waals surface area contributed by atoms with E-state index in [-0.39, 0.29) is 5.60 Å². The average Bonchev–Trinajstić information content (AvgIpc) is 3.13. The Balaban J connectivity index is 1.47. The molecule has 1 unspecified atom stereocenters. The van der Waals surface area contributed by atoms with Crippen LogP contribution in [0, 0.1) is 0 Å². The van der Waals surface area contributed by atoms with Crippen molar-refractivity contribution in [3.05, 3.63) is 36.0 Å². The highest BCUT2D eigenvalue weighted by molar-refractivity contribution is 6.07. The minimum Gasteiger partial charge on any atom is -0.468 e. The lowest BCUT2D eigenvalue weighted by Crippen LogP contribution is -2.60. The number of fused-ring (bicyclic) bond motifs is 3. The van der Waals surface area contributed by atoms with Gasteiger partial charge in [0, 0.05) is 49.8 Å². The van der Waals surface area contributed by atoms with Crippen molar-refractivity contribution in [2.75, 3.05) is 20.6 Å². The van der Waals surface area contributed by atoms with E-state index >= 15 is 0 Å². The Morgan fingerprint density at radius 2 is 1.88 bits per heavy atom. The van der Waals surface area contributed by atoms with Crippen molar-refractivity contribution in [1.29, 1.82) is 0 Å². The highest BCUT2D eigenvalue weighted by Gasteiger charge is 2.57. The molecule has 0 saturated carbocycles. The largest absolute Gasteiger partial charge is 0.468 e. The smallest absolute Gasteiger partial charge is 0.219 e. The lowest BCUT2D eigenvalue weighted by Gasteiger charge is -2.47. The molecular formula is C20H26N3O+. The maximum absolute atomic E-state index is 6.60. The molecule has 1 spiro atoms. The fourth-order valence-electron chi connectivity index (χ4n) is 5.32. The van der Waals surface area contributed by atoms with E-state index in [1.807, 2.05) is 0 Å². The molecule has 126 valence electrons. The Morgan fingerprint density at radius 1 is 1.17 bits per heavy atom. The topological polar surface area (TPSA) is 26.5 Å². The molecule has 24 heavy (non-hydrogen) atoms. The van der Waals surface area contributed by atoms with Gasteiger partial charge in [-0.05, 0) is 6.07 Å². The van der Waals surface area contributed by atoms with Crippen molar-refractivity contribution in [2.45, 2.75) is 43.4 Å². The predicted octanol–water partition coefficient (Wildman–Crippen LogP) is 3.10. The van der Waals surface area contributed by atoms with Crippen LogP contribution in [0.25, 0.3) is 10.9 Å². The molecule has 0 aliphatic carbocycles. The molecule has 0 radical (unpaired) electrons. The molecule has 3 atom stereocenters. The van der Waals surface area contributed by atoms with Crippen LogP contribution in [0.1, 0.15) is 31.2 Å². The second-order valence-electron chi connectivity index (χ2n) is 8.50. The van der Waals surface area contributed by atoms with Gasteiger partial charge in [-0.25, -0.2) is 4.99 Å². The molecule has 0 N–H and O–H groups in total. The summed E-state index contributed by atoms with van der Waals surface area (Å²) in [5, 5.41) is 1.24. The summed E-state index contributed by atoms with van der Waals surface area (Å²) in [6.45, 7) is 0.832. The molecule has 1 aromatic heterocycles. The van der Waals surface area contributed by atoms with Crippen LogP contribution in [-0.2, 0) is 11.8 Å². The van der Waals surface area contributed by atoms with Gasteiger partial charge in [-0.15, -0.1) is 0 Å². The van der Waals surface area contributed by atoms with Gasteiger partial charge in [0.1, 0.15) is 5.60 Å². The number of aryl methyl sites for hydroxylation is 1. The maximum atomic E-state index is 6.60. The average molecular weight is 324 g/mol. The molecule has 3 aliphatic rings. The van der Waals surface area contributed by atoms with E-state index in [2.05, 4.69) is 56.2 Å². The molecular weight excluding hydrogens is 298 g/mol. The number of piperidine rings is 1. The maximum Gasteiger partial charge on any atom is 0.219 e. The molecule has 0 amide bonds. The zero-order chi connectivity index (χ0) is 16.5. The molecule has 2 fully saturated rings. The quantitative estimate of drug-likeness (QED) is 0.741. The zero-order valence-corrected chi connectivity index (χ0v) is 14.8. The Kier molecular flexibility index (Phi) is 2.80. The first kappa shape index (κ1) is 14.5. The molecule has 4 heteroatoms. The highest BCUT2D eigenvalue weighted by atomic mass is 16.5. The second-order valence-corrected chi connectivity index (χ2v) is 8.50. The first-order chi connectivity index (χ1) is 11.5. The third kappa shape index (κ3) is 1.86. The van der Waals surface area contributed by atoms with Crippen molar-refractivity contribution in [3.63, 3.8) is 0 Å². The van der Waals surface area contributed by atoms with Gasteiger partial charge in [0.2, 0.25) is 5.90 Å². The molecule has 1 aromatic carbocycles. The fraction of sp³-hybridized carbons (Fsp3) is 0.550. The first-order valence-electron chi connectivity index (χ1n) is 9.10. The van der Waals surface area contributed by atoms with E-state index < -0.39 is 0 Å². The second kappa shape index (κ2) is 4.63. The molecule has 5 rings (SSSR count). The SMILES string of the molecule is Cn1cc(C2=NCC3(C[C@H]4CC[C@@H](C3)[N+]4(C)C)O2)c2ccccc21. The number of quaternary nitrogens is 1. The van der Waals surface area contributed by atoms with Crippen LogP contribution in [0.5, 0.6) is 0 Å². The first-order valence-corrected chi connectivity index (χ1v) is 9.10. The molecule has 2 bridgehead atoms. The summed E-state index contributed by atoms with van der Waals surface area (Å²) < 4.78 is 9.95. The van der Waals surface area contributed by atoms with Crippen LogP contribution in [0.15, 0.2) is 35.5 Å². The van der Waals surface area contributed by atoms with Gasteiger partial charge in [0.25, 0.3) is 0 Å². The minimum atomic E-state index is -0.0497. The number of aromatic nitrogens is 1. The number of nitrogens with zero attached hydrogens (tertiary/aromatic N) is 3. The van der Waals surface area contributed by atoms with Crippen LogP contribution in [-0.4, -0.2) is 53.3 Å². The summed E-state index contributed by atoms with van der Waals surface area (Å²) >= 11 is 0. The lowest BCUT2D eigenvalue weighted by molar-refractivity contribution is -0.932. The number of hydrogen-bond acceptors (Lipinski definition) is 2. The summed E-state index contributed by atoms with van der Waals surface area (Å²) in [6.07, 6.45) is 7.14. The number of para-hydroxylation sites is 1. The molecule has 2 aromatic rings. The lowest BCUT2D eigenvalue weighted by atomic mass is 9.85. The van der Waals surface area contributed by atoms with E-state index in [9.17, 15) is 0 Å². The monoisotopic (exact) mass is 324 g/mol. The molecule has 4 nitrogen and oxygen atoms in total. The number of hydrogen-bond donors (Lipinski definition) is 0. The molecule has 2 saturated heterocycles. The van der Waals surface area contributed by atoms with E-state index in [0.717, 1.165) is 42.9 Å². The summed E-state index contributed by atoms with van der Waals surface area (Å²) in [7, 11) is 6.89. The van der Waals surface area contributed by atoms with Gasteiger partial charge >= 0.3 is 0 Å². The summed E-state index contributed by atoms with van der Waals surface area (Å²) in [5.41, 5.74) is 2.34. The Hall–Kier alpha value is -1.81. The van der Waals surface area contributed by atoms with Gasteiger partial charge in [0.15, 0.2) is 0 Å².